The van der Waals surface area contributed by atoms with E-state index in [1.807, 2.05) is 6.08 Å². The van der Waals surface area contributed by atoms with Crippen molar-refractivity contribution in [2.75, 3.05) is 19.8 Å². The molecule has 0 spiro atoms. The van der Waals surface area contributed by atoms with Crippen LogP contribution in [0.4, 0.5) is 0 Å². The number of carbonyl (C=O) groups is 1. The summed E-state index contributed by atoms with van der Waals surface area (Å²) in [5.41, 5.74) is 8.66. The number of nitrogens with zero attached hydrogens (tertiary/aromatic N) is 3. The average molecular weight is 325 g/mol. The molecule has 0 aromatic carbocycles. The third-order valence-corrected chi connectivity index (χ3v) is 3.61. The number of carbonyl (C=O) groups excluding carboxylic acids is 1. The molecule has 0 bridgehead atoms. The van der Waals surface area contributed by atoms with Gasteiger partial charge < -0.3 is 14.2 Å². The molecule has 0 aliphatic carbocycles. The highest BCUT2D eigenvalue weighted by molar-refractivity contribution is 5.69. The molecule has 1 aliphatic rings. The van der Waals surface area contributed by atoms with Crippen LogP contribution in [0.5, 0.6) is 0 Å². The molecular formula is C16H27N3O4. The monoisotopic (exact) mass is 325 g/mol. The van der Waals surface area contributed by atoms with Crippen molar-refractivity contribution in [3.63, 3.8) is 0 Å². The summed E-state index contributed by atoms with van der Waals surface area (Å²) in [6.45, 7) is 5.54. The molecule has 0 saturated carbocycles. The van der Waals surface area contributed by atoms with E-state index in [0.29, 0.717) is 45.0 Å². The average Bonchev–Trinajstić information content (AvgIpc) is 3.03. The van der Waals surface area contributed by atoms with Crippen molar-refractivity contribution in [3.05, 3.63) is 22.6 Å². The van der Waals surface area contributed by atoms with Crippen molar-refractivity contribution in [2.45, 2.75) is 58.3 Å². The Hall–Kier alpha value is -1.56. The van der Waals surface area contributed by atoms with Gasteiger partial charge in [0.15, 0.2) is 6.29 Å². The van der Waals surface area contributed by atoms with Crippen LogP contribution in [-0.2, 0) is 19.0 Å². The van der Waals surface area contributed by atoms with Gasteiger partial charge in [-0.25, -0.2) is 0 Å². The first-order valence-electron chi connectivity index (χ1n) is 8.25. The molecule has 1 rings (SSSR count). The van der Waals surface area contributed by atoms with Gasteiger partial charge in [0, 0.05) is 23.8 Å². The second kappa shape index (κ2) is 11.9. The molecule has 130 valence electrons. The molecule has 0 radical (unpaired) electrons. The van der Waals surface area contributed by atoms with E-state index >= 15 is 0 Å². The highest BCUT2D eigenvalue weighted by Crippen LogP contribution is 2.19. The lowest BCUT2D eigenvalue weighted by atomic mass is 9.99. The highest BCUT2D eigenvalue weighted by atomic mass is 16.7. The molecule has 1 aliphatic heterocycles. The summed E-state index contributed by atoms with van der Waals surface area (Å²) in [6.07, 6.45) is 7.25. The molecule has 1 saturated heterocycles. The Morgan fingerprint density at radius 1 is 1.43 bits per heavy atom. The van der Waals surface area contributed by atoms with Crippen molar-refractivity contribution in [1.29, 1.82) is 0 Å². The summed E-state index contributed by atoms with van der Waals surface area (Å²) >= 11 is 0. The summed E-state index contributed by atoms with van der Waals surface area (Å²) in [5, 5.41) is 3.83. The zero-order chi connectivity index (χ0) is 16.9. The number of ether oxygens (including phenoxy) is 3. The molecule has 0 aromatic heterocycles. The van der Waals surface area contributed by atoms with Crippen LogP contribution in [0.25, 0.3) is 10.4 Å². The number of rotatable bonds is 11. The van der Waals surface area contributed by atoms with Gasteiger partial charge in [0.2, 0.25) is 0 Å². The van der Waals surface area contributed by atoms with Crippen LogP contribution < -0.4 is 0 Å². The summed E-state index contributed by atoms with van der Waals surface area (Å²) in [5.74, 6) is 0.198. The fraction of sp³-hybridized carbons (Fsp3) is 0.812. The molecule has 7 nitrogen and oxygen atoms in total. The zero-order valence-corrected chi connectivity index (χ0v) is 14.0. The molecule has 2 atom stereocenters. The number of azide groups is 1. The normalized spacial score (nSPS) is 17.8. The quantitative estimate of drug-likeness (QED) is 0.190. The highest BCUT2D eigenvalue weighted by Gasteiger charge is 2.20. The van der Waals surface area contributed by atoms with E-state index in [9.17, 15) is 4.79 Å². The minimum atomic E-state index is -0.249. The lowest BCUT2D eigenvalue weighted by molar-refractivity contribution is -0.143. The molecule has 1 heterocycles. The van der Waals surface area contributed by atoms with Gasteiger partial charge in [-0.1, -0.05) is 24.2 Å². The molecule has 23 heavy (non-hydrogen) atoms. The van der Waals surface area contributed by atoms with Crippen molar-refractivity contribution in [2.24, 2.45) is 11.0 Å². The Bertz CT molecular complexity index is 416. The van der Waals surface area contributed by atoms with Crippen molar-refractivity contribution in [1.82, 2.24) is 0 Å². The SMILES string of the molecule is CCOC(=O)CC/C=C\C(C)CCC(CC1OCCO1)N=[N+]=[N-]. The van der Waals surface area contributed by atoms with Gasteiger partial charge in [0.25, 0.3) is 0 Å². The summed E-state index contributed by atoms with van der Waals surface area (Å²) in [6, 6.07) is -0.113. The smallest absolute Gasteiger partial charge is 0.306 e. The van der Waals surface area contributed by atoms with E-state index < -0.39 is 0 Å². The first-order chi connectivity index (χ1) is 11.2. The number of esters is 1. The first-order valence-corrected chi connectivity index (χ1v) is 8.25. The van der Waals surface area contributed by atoms with Crippen LogP contribution in [0.1, 0.15) is 46.0 Å². The van der Waals surface area contributed by atoms with E-state index in [1.165, 1.54) is 0 Å². The fourth-order valence-electron chi connectivity index (χ4n) is 2.38. The minimum absolute atomic E-state index is 0.113. The maximum Gasteiger partial charge on any atom is 0.306 e. The molecule has 0 aromatic rings. The Labute approximate surface area is 137 Å². The maximum absolute atomic E-state index is 11.2. The van der Waals surface area contributed by atoms with Crippen LogP contribution in [0.15, 0.2) is 17.3 Å². The molecule has 1 fully saturated rings. The Morgan fingerprint density at radius 2 is 2.17 bits per heavy atom. The Morgan fingerprint density at radius 3 is 2.83 bits per heavy atom. The van der Waals surface area contributed by atoms with Crippen molar-refractivity contribution in [3.8, 4) is 0 Å². The van der Waals surface area contributed by atoms with Crippen molar-refractivity contribution >= 4 is 5.97 Å². The van der Waals surface area contributed by atoms with Crippen LogP contribution in [0.3, 0.4) is 0 Å². The molecule has 2 unspecified atom stereocenters. The van der Waals surface area contributed by atoms with Gasteiger partial charge in [-0.3, -0.25) is 4.79 Å². The third kappa shape index (κ3) is 9.23. The van der Waals surface area contributed by atoms with Gasteiger partial charge in [0.1, 0.15) is 0 Å². The Kier molecular flexibility index (Phi) is 10.1. The van der Waals surface area contributed by atoms with E-state index in [-0.39, 0.29) is 18.3 Å². The molecule has 0 amide bonds. The van der Waals surface area contributed by atoms with Crippen LogP contribution >= 0.6 is 0 Å². The second-order valence-corrected chi connectivity index (χ2v) is 5.59. The maximum atomic E-state index is 11.2. The summed E-state index contributed by atoms with van der Waals surface area (Å²) in [7, 11) is 0. The van der Waals surface area contributed by atoms with Crippen molar-refractivity contribution < 1.29 is 19.0 Å². The topological polar surface area (TPSA) is 93.5 Å². The van der Waals surface area contributed by atoms with Gasteiger partial charge >= 0.3 is 5.97 Å². The summed E-state index contributed by atoms with van der Waals surface area (Å²) < 4.78 is 15.7. The Balaban J connectivity index is 2.24. The molecular weight excluding hydrogens is 298 g/mol. The van der Waals surface area contributed by atoms with E-state index in [1.54, 1.807) is 6.92 Å². The predicted octanol–water partition coefficient (Wildman–Crippen LogP) is 3.74. The third-order valence-electron chi connectivity index (χ3n) is 3.61. The standard InChI is InChI=1S/C16H27N3O4/c1-3-21-15(20)7-5-4-6-13(2)8-9-14(18-19-17)12-16-22-10-11-23-16/h4,6,13-14,16H,3,5,7-12H2,1-2H3/b6-4-. The van der Waals surface area contributed by atoms with E-state index in [0.717, 1.165) is 12.8 Å². The van der Waals surface area contributed by atoms with Gasteiger partial charge in [-0.2, -0.15) is 0 Å². The van der Waals surface area contributed by atoms with Crippen LogP contribution in [0, 0.1) is 5.92 Å². The van der Waals surface area contributed by atoms with Gasteiger partial charge in [0.05, 0.1) is 19.8 Å². The number of hydrogen-bond donors (Lipinski definition) is 0. The van der Waals surface area contributed by atoms with Gasteiger partial charge in [-0.15, -0.1) is 0 Å². The van der Waals surface area contributed by atoms with E-state index in [2.05, 4.69) is 23.0 Å². The van der Waals surface area contributed by atoms with E-state index in [4.69, 9.17) is 19.7 Å². The minimum Gasteiger partial charge on any atom is -0.466 e. The lowest BCUT2D eigenvalue weighted by Gasteiger charge is -2.16. The van der Waals surface area contributed by atoms with Gasteiger partial charge in [-0.05, 0) is 37.6 Å². The lowest BCUT2D eigenvalue weighted by Crippen LogP contribution is -2.17. The van der Waals surface area contributed by atoms with Crippen LogP contribution in [-0.4, -0.2) is 38.1 Å². The summed E-state index contributed by atoms with van der Waals surface area (Å²) in [4.78, 5) is 14.1. The molecule has 7 heteroatoms. The second-order valence-electron chi connectivity index (χ2n) is 5.59. The predicted molar refractivity (Wildman–Crippen MR) is 86.6 cm³/mol. The number of allylic oxidation sites excluding steroid dienone is 2. The first kappa shape index (κ1) is 19.5. The number of hydrogen-bond acceptors (Lipinski definition) is 5. The zero-order valence-electron chi connectivity index (χ0n) is 14.0. The molecule has 0 N–H and O–H groups in total. The fourth-order valence-corrected chi connectivity index (χ4v) is 2.38. The van der Waals surface area contributed by atoms with Crippen LogP contribution in [0.2, 0.25) is 0 Å². The largest absolute Gasteiger partial charge is 0.466 e.